The smallest absolute Gasteiger partial charge is 0.410 e. The highest BCUT2D eigenvalue weighted by Gasteiger charge is 2.42. The van der Waals surface area contributed by atoms with Crippen LogP contribution >= 0.6 is 0 Å². The maximum Gasteiger partial charge on any atom is 0.410 e. The molecular formula is C16H29NO3. The van der Waals surface area contributed by atoms with Crippen LogP contribution in [0.1, 0.15) is 59.8 Å². The quantitative estimate of drug-likeness (QED) is 0.804. The Balaban J connectivity index is 1.90. The van der Waals surface area contributed by atoms with Gasteiger partial charge in [-0.3, -0.25) is 0 Å². The zero-order valence-electron chi connectivity index (χ0n) is 13.3. The zero-order valence-corrected chi connectivity index (χ0v) is 13.3. The summed E-state index contributed by atoms with van der Waals surface area (Å²) in [5, 5.41) is 9.67. The molecule has 1 saturated heterocycles. The molecule has 1 amide bonds. The Morgan fingerprint density at radius 2 is 1.85 bits per heavy atom. The fourth-order valence-electron chi connectivity index (χ4n) is 3.49. The van der Waals surface area contributed by atoms with Crippen LogP contribution in [-0.2, 0) is 4.74 Å². The maximum absolute atomic E-state index is 12.1. The summed E-state index contributed by atoms with van der Waals surface area (Å²) >= 11 is 0. The van der Waals surface area contributed by atoms with Crippen molar-refractivity contribution >= 4 is 6.09 Å². The Morgan fingerprint density at radius 1 is 1.25 bits per heavy atom. The Bertz CT molecular complexity index is 353. The van der Waals surface area contributed by atoms with E-state index in [2.05, 4.69) is 6.92 Å². The van der Waals surface area contributed by atoms with Crippen molar-refractivity contribution in [1.29, 1.82) is 0 Å². The Morgan fingerprint density at radius 3 is 2.40 bits per heavy atom. The van der Waals surface area contributed by atoms with Crippen LogP contribution < -0.4 is 0 Å². The Hall–Kier alpha value is -0.770. The minimum atomic E-state index is -0.423. The van der Waals surface area contributed by atoms with Crippen LogP contribution in [0.15, 0.2) is 0 Å². The number of amides is 1. The van der Waals surface area contributed by atoms with E-state index in [1.165, 1.54) is 0 Å². The van der Waals surface area contributed by atoms with Crippen molar-refractivity contribution in [3.05, 3.63) is 0 Å². The molecule has 0 aromatic rings. The van der Waals surface area contributed by atoms with Crippen molar-refractivity contribution in [2.45, 2.75) is 71.5 Å². The average molecular weight is 283 g/mol. The third kappa shape index (κ3) is 3.66. The normalized spacial score (nSPS) is 35.1. The number of hydrogen-bond acceptors (Lipinski definition) is 3. The highest BCUT2D eigenvalue weighted by Crippen LogP contribution is 2.45. The molecule has 0 unspecified atom stereocenters. The highest BCUT2D eigenvalue weighted by molar-refractivity contribution is 5.68. The van der Waals surface area contributed by atoms with Crippen molar-refractivity contribution in [3.8, 4) is 0 Å². The Kier molecular flexibility index (Phi) is 4.33. The van der Waals surface area contributed by atoms with Gasteiger partial charge in [0.1, 0.15) is 5.60 Å². The fourth-order valence-corrected chi connectivity index (χ4v) is 3.49. The number of aliphatic hydroxyl groups excluding tert-OH is 1. The minimum absolute atomic E-state index is 0.119. The summed E-state index contributed by atoms with van der Waals surface area (Å²) in [6, 6.07) is 0. The number of hydrogen-bond donors (Lipinski definition) is 1. The molecule has 0 bridgehead atoms. The first-order valence-corrected chi connectivity index (χ1v) is 7.86. The van der Waals surface area contributed by atoms with Gasteiger partial charge in [-0.2, -0.15) is 0 Å². The second kappa shape index (κ2) is 5.55. The fraction of sp³-hybridized carbons (Fsp3) is 0.938. The van der Waals surface area contributed by atoms with Crippen LogP contribution in [-0.4, -0.2) is 40.9 Å². The van der Waals surface area contributed by atoms with Crippen LogP contribution in [0, 0.1) is 11.3 Å². The monoisotopic (exact) mass is 283 g/mol. The number of likely N-dealkylation sites (tertiary alicyclic amines) is 1. The molecule has 116 valence electrons. The number of carbonyl (C=O) groups excluding carboxylic acids is 1. The molecule has 1 N–H and O–H groups in total. The largest absolute Gasteiger partial charge is 0.444 e. The summed E-state index contributed by atoms with van der Waals surface area (Å²) in [6.45, 7) is 9.65. The van der Waals surface area contributed by atoms with Gasteiger partial charge in [-0.25, -0.2) is 4.79 Å². The van der Waals surface area contributed by atoms with E-state index in [4.69, 9.17) is 4.74 Å². The second-order valence-electron chi connectivity index (χ2n) is 7.80. The average Bonchev–Trinajstić information content (AvgIpc) is 2.81. The molecule has 4 nitrogen and oxygen atoms in total. The zero-order chi connectivity index (χ0) is 15.0. The van der Waals surface area contributed by atoms with Crippen LogP contribution in [0.25, 0.3) is 0 Å². The predicted octanol–water partition coefficient (Wildman–Crippen LogP) is 3.18. The van der Waals surface area contributed by atoms with Crippen molar-refractivity contribution in [1.82, 2.24) is 4.90 Å². The van der Waals surface area contributed by atoms with E-state index in [1.54, 1.807) is 0 Å². The molecule has 2 rings (SSSR count). The lowest BCUT2D eigenvalue weighted by molar-refractivity contribution is 0.0207. The topological polar surface area (TPSA) is 49.8 Å². The first-order valence-electron chi connectivity index (χ1n) is 7.86. The molecular weight excluding hydrogens is 254 g/mol. The molecule has 1 aliphatic carbocycles. The van der Waals surface area contributed by atoms with Crippen LogP contribution in [0.5, 0.6) is 0 Å². The third-order valence-corrected chi connectivity index (χ3v) is 4.92. The van der Waals surface area contributed by atoms with E-state index in [0.717, 1.165) is 45.2 Å². The van der Waals surface area contributed by atoms with Gasteiger partial charge in [0.15, 0.2) is 0 Å². The number of rotatable bonds is 1. The first kappa shape index (κ1) is 15.6. The lowest BCUT2D eigenvalue weighted by atomic mass is 9.66. The predicted molar refractivity (Wildman–Crippen MR) is 78.5 cm³/mol. The van der Waals surface area contributed by atoms with Gasteiger partial charge in [-0.05, 0) is 64.2 Å². The number of carbonyl (C=O) groups is 1. The second-order valence-corrected chi connectivity index (χ2v) is 7.80. The molecule has 0 radical (unpaired) electrons. The summed E-state index contributed by atoms with van der Waals surface area (Å²) in [6.07, 6.45) is 4.71. The Labute approximate surface area is 122 Å². The van der Waals surface area contributed by atoms with E-state index in [0.29, 0.717) is 5.92 Å². The molecule has 1 atom stereocenters. The van der Waals surface area contributed by atoms with E-state index in [-0.39, 0.29) is 17.6 Å². The van der Waals surface area contributed by atoms with Gasteiger partial charge in [0.25, 0.3) is 0 Å². The van der Waals surface area contributed by atoms with E-state index in [1.807, 2.05) is 25.7 Å². The number of nitrogens with zero attached hydrogens (tertiary/aromatic N) is 1. The van der Waals surface area contributed by atoms with Gasteiger partial charge in [-0.15, -0.1) is 0 Å². The molecule has 1 aliphatic heterocycles. The van der Waals surface area contributed by atoms with Crippen molar-refractivity contribution < 1.29 is 14.6 Å². The number of aliphatic hydroxyl groups is 1. The van der Waals surface area contributed by atoms with E-state index >= 15 is 0 Å². The minimum Gasteiger partial charge on any atom is -0.444 e. The number of ether oxygens (including phenoxy) is 1. The van der Waals surface area contributed by atoms with Gasteiger partial charge in [0.05, 0.1) is 6.10 Å². The van der Waals surface area contributed by atoms with Crippen molar-refractivity contribution in [3.63, 3.8) is 0 Å². The lowest BCUT2D eigenvalue weighted by Crippen LogP contribution is -2.38. The summed E-state index contributed by atoms with van der Waals surface area (Å²) in [5.74, 6) is 0.544. The molecule has 1 saturated carbocycles. The van der Waals surface area contributed by atoms with Crippen molar-refractivity contribution in [2.75, 3.05) is 13.1 Å². The summed E-state index contributed by atoms with van der Waals surface area (Å²) in [4.78, 5) is 14.0. The highest BCUT2D eigenvalue weighted by atomic mass is 16.6. The molecule has 20 heavy (non-hydrogen) atoms. The SMILES string of the molecule is CC(C)(C)OC(=O)N1CC[C@@H](C2(C)CCC(O)CC2)C1. The van der Waals surface area contributed by atoms with Crippen LogP contribution in [0.2, 0.25) is 0 Å². The molecule has 0 spiro atoms. The standard InChI is InChI=1S/C16H29NO3/c1-15(2,3)20-14(19)17-10-7-12(11-17)16(4)8-5-13(18)6-9-16/h12-13,18H,5-11H2,1-4H3/t12-,13?,16?/m1/s1. The van der Waals surface area contributed by atoms with Gasteiger partial charge >= 0.3 is 6.09 Å². The van der Waals surface area contributed by atoms with Crippen molar-refractivity contribution in [2.24, 2.45) is 11.3 Å². The van der Waals surface area contributed by atoms with Crippen LogP contribution in [0.4, 0.5) is 4.79 Å². The van der Waals surface area contributed by atoms with E-state index in [9.17, 15) is 9.90 Å². The first-order chi connectivity index (χ1) is 9.20. The summed E-state index contributed by atoms with van der Waals surface area (Å²) in [7, 11) is 0. The molecule has 1 heterocycles. The maximum atomic E-state index is 12.1. The van der Waals surface area contributed by atoms with Crippen LogP contribution in [0.3, 0.4) is 0 Å². The molecule has 4 heteroatoms. The summed E-state index contributed by atoms with van der Waals surface area (Å²) < 4.78 is 5.45. The van der Waals surface area contributed by atoms with E-state index < -0.39 is 5.60 Å². The van der Waals surface area contributed by atoms with Gasteiger partial charge in [0, 0.05) is 13.1 Å². The van der Waals surface area contributed by atoms with Gasteiger partial charge < -0.3 is 14.7 Å². The molecule has 0 aromatic carbocycles. The molecule has 0 aromatic heterocycles. The lowest BCUT2D eigenvalue weighted by Gasteiger charge is -2.40. The summed E-state index contributed by atoms with van der Waals surface area (Å²) in [5.41, 5.74) is -0.149. The molecule has 2 aliphatic rings. The third-order valence-electron chi connectivity index (χ3n) is 4.92. The van der Waals surface area contributed by atoms with Gasteiger partial charge in [-0.1, -0.05) is 6.92 Å². The molecule has 2 fully saturated rings. The van der Waals surface area contributed by atoms with Gasteiger partial charge in [0.2, 0.25) is 0 Å².